The van der Waals surface area contributed by atoms with Crippen LogP contribution in [0.25, 0.3) is 0 Å². The van der Waals surface area contributed by atoms with Crippen molar-refractivity contribution in [1.82, 2.24) is 0 Å². The van der Waals surface area contributed by atoms with Crippen LogP contribution in [0.3, 0.4) is 0 Å². The summed E-state index contributed by atoms with van der Waals surface area (Å²) in [4.78, 5) is 49.7. The quantitative estimate of drug-likeness (QED) is 0.0280. The Balaban J connectivity index is 2.20. The number of aliphatic hydroxyl groups excluding tert-OH is 8. The number of rotatable bonds is 22. The van der Waals surface area contributed by atoms with E-state index in [9.17, 15) is 64.7 Å². The van der Waals surface area contributed by atoms with E-state index in [-0.39, 0.29) is 32.1 Å². The number of esters is 2. The maximum Gasteiger partial charge on any atom is 0.472 e. The number of hydrogen-bond acceptors (Lipinski definition) is 16. The minimum absolute atomic E-state index is 0.0229. The number of ketones is 1. The van der Waals surface area contributed by atoms with Gasteiger partial charge in [0.25, 0.3) is 0 Å². The molecule has 1 aliphatic carbocycles. The molecular weight excluding hydrogens is 891 g/mol. The molecule has 0 aromatic carbocycles. The highest BCUT2D eigenvalue weighted by Crippen LogP contribution is 2.47. The average molecular weight is 975 g/mol. The average Bonchev–Trinajstić information content (AvgIpc) is 3.29. The number of allylic oxidation sites excluding steroid dienone is 6. The minimum Gasteiger partial charge on any atom is -0.462 e. The standard InChI is InChI=1S/C49H83O17P/c1-3-5-7-8-9-10-11-12-13-14-15-16-17-18-19-20-22-28-43(55)65-37-33-63-42(54)27-24-23-26-36(51)31-39-41(53)32-40(52)38(30-29-35(50)25-21-6-4-2)44(56)47(59)49(48(60)46(58)45(39)57)66-67(61,62)64-34-37/h9-10,12-13,15-16,29-30,35,37-41,44-50,52-53,56-60H,3-8,11,14,17-28,31-34H2,1-2H3,(H,61,62)/b10-9-,13-12-,16-15-,30-29-/t35-,37+,38-,39-,40+,41-,44+,45+,46-,47+,48+,49+/m0/s1. The normalized spacial score (nSPS) is 32.1. The lowest BCUT2D eigenvalue weighted by atomic mass is 9.82. The van der Waals surface area contributed by atoms with E-state index < -0.39 is 124 Å². The van der Waals surface area contributed by atoms with E-state index in [2.05, 4.69) is 43.4 Å². The van der Waals surface area contributed by atoms with Gasteiger partial charge in [-0.3, -0.25) is 23.4 Å². The fourth-order valence-corrected chi connectivity index (χ4v) is 8.97. The van der Waals surface area contributed by atoms with Crippen molar-refractivity contribution in [3.8, 4) is 0 Å². The molecule has 2 aliphatic rings. The molecule has 0 aromatic heterocycles. The summed E-state index contributed by atoms with van der Waals surface area (Å²) in [6.45, 7) is 2.66. The van der Waals surface area contributed by atoms with Crippen LogP contribution in [0.2, 0.25) is 0 Å². The maximum atomic E-state index is 13.5. The zero-order valence-electron chi connectivity index (χ0n) is 39.8. The number of cyclic esters (lactones) is 1. The Morgan fingerprint density at radius 1 is 0.731 bits per heavy atom. The predicted molar refractivity (Wildman–Crippen MR) is 251 cm³/mol. The van der Waals surface area contributed by atoms with E-state index in [0.717, 1.165) is 57.8 Å². The number of unbranched alkanes of at least 4 members (excludes halogenated alkanes) is 9. The van der Waals surface area contributed by atoms with Crippen molar-refractivity contribution in [3.05, 3.63) is 48.6 Å². The molecular formula is C49H83O17P. The Kier molecular flexibility index (Phi) is 31.3. The van der Waals surface area contributed by atoms with Gasteiger partial charge in [-0.1, -0.05) is 107 Å². The van der Waals surface area contributed by atoms with Crippen LogP contribution in [0, 0.1) is 11.8 Å². The molecule has 13 atom stereocenters. The lowest BCUT2D eigenvalue weighted by Crippen LogP contribution is -2.56. The van der Waals surface area contributed by atoms with Crippen molar-refractivity contribution >= 4 is 25.5 Å². The Morgan fingerprint density at radius 3 is 2.00 bits per heavy atom. The monoisotopic (exact) mass is 975 g/mol. The van der Waals surface area contributed by atoms with Gasteiger partial charge >= 0.3 is 19.8 Å². The third kappa shape index (κ3) is 25.2. The number of aliphatic hydroxyl groups is 8. The molecule has 0 aromatic rings. The number of Topliss-reactive ketones (excluding diaryl/α,β-unsaturated/α-hetero) is 1. The van der Waals surface area contributed by atoms with Gasteiger partial charge in [0.2, 0.25) is 0 Å². The van der Waals surface area contributed by atoms with Crippen LogP contribution in [-0.2, 0) is 37.5 Å². The molecule has 1 heterocycles. The summed E-state index contributed by atoms with van der Waals surface area (Å²) in [5.41, 5.74) is 0. The van der Waals surface area contributed by atoms with Gasteiger partial charge in [-0.25, -0.2) is 4.57 Å². The molecule has 1 saturated carbocycles. The smallest absolute Gasteiger partial charge is 0.462 e. The van der Waals surface area contributed by atoms with Crippen LogP contribution in [0.15, 0.2) is 48.6 Å². The van der Waals surface area contributed by atoms with Crippen molar-refractivity contribution in [2.24, 2.45) is 11.8 Å². The van der Waals surface area contributed by atoms with Crippen LogP contribution in [0.1, 0.15) is 155 Å². The van der Waals surface area contributed by atoms with Gasteiger partial charge in [-0.15, -0.1) is 0 Å². The van der Waals surface area contributed by atoms with Crippen LogP contribution in [0.5, 0.6) is 0 Å². The molecule has 1 aliphatic heterocycles. The zero-order chi connectivity index (χ0) is 49.6. The van der Waals surface area contributed by atoms with Crippen LogP contribution in [-0.4, -0.2) is 138 Å². The number of hydrogen-bond donors (Lipinski definition) is 9. The summed E-state index contributed by atoms with van der Waals surface area (Å²) < 4.78 is 34.6. The lowest BCUT2D eigenvalue weighted by molar-refractivity contribution is -0.168. The van der Waals surface area contributed by atoms with Gasteiger partial charge in [0, 0.05) is 43.9 Å². The van der Waals surface area contributed by atoms with Crippen molar-refractivity contribution in [2.75, 3.05) is 13.2 Å². The molecule has 18 heteroatoms. The third-order valence-corrected chi connectivity index (χ3v) is 13.1. The number of carbonyl (C=O) groups is 3. The molecule has 67 heavy (non-hydrogen) atoms. The van der Waals surface area contributed by atoms with E-state index in [1.165, 1.54) is 31.4 Å². The first-order valence-electron chi connectivity index (χ1n) is 24.6. The van der Waals surface area contributed by atoms with Crippen molar-refractivity contribution in [1.29, 1.82) is 0 Å². The highest BCUT2D eigenvalue weighted by Gasteiger charge is 2.49. The number of carbonyl (C=O) groups excluding carboxylic acids is 3. The summed E-state index contributed by atoms with van der Waals surface area (Å²) in [6, 6.07) is 0. The molecule has 2 bridgehead atoms. The lowest BCUT2D eigenvalue weighted by Gasteiger charge is -2.37. The first-order valence-corrected chi connectivity index (χ1v) is 26.1. The molecule has 1 unspecified atom stereocenters. The van der Waals surface area contributed by atoms with Gasteiger partial charge in [0.15, 0.2) is 6.10 Å². The Morgan fingerprint density at radius 2 is 1.33 bits per heavy atom. The molecule has 17 nitrogen and oxygen atoms in total. The summed E-state index contributed by atoms with van der Waals surface area (Å²) in [7, 11) is -5.50. The highest BCUT2D eigenvalue weighted by molar-refractivity contribution is 7.47. The van der Waals surface area contributed by atoms with E-state index >= 15 is 0 Å². The second-order valence-electron chi connectivity index (χ2n) is 17.9. The van der Waals surface area contributed by atoms with Gasteiger partial charge in [0.05, 0.1) is 37.1 Å². The molecule has 2 fully saturated rings. The molecule has 386 valence electrons. The zero-order valence-corrected chi connectivity index (χ0v) is 40.7. The summed E-state index contributed by atoms with van der Waals surface area (Å²) in [6.07, 6.45) is 7.27. The number of phosphoric acid groups is 1. The Labute approximate surface area is 397 Å². The number of fused-ring (bicyclic) bond motifs is 4. The predicted octanol–water partition coefficient (Wildman–Crippen LogP) is 5.51. The summed E-state index contributed by atoms with van der Waals surface area (Å²) in [5, 5.41) is 90.1. The second kappa shape index (κ2) is 34.6. The number of phosphoric ester groups is 1. The summed E-state index contributed by atoms with van der Waals surface area (Å²) in [5.74, 6) is -5.06. The molecule has 1 saturated heterocycles. The fraction of sp³-hybridized carbons (Fsp3) is 0.776. The van der Waals surface area contributed by atoms with E-state index in [1.54, 1.807) is 0 Å². The van der Waals surface area contributed by atoms with E-state index in [4.69, 9.17) is 18.5 Å². The first-order chi connectivity index (χ1) is 32.0. The van der Waals surface area contributed by atoms with Crippen molar-refractivity contribution in [2.45, 2.75) is 216 Å². The summed E-state index contributed by atoms with van der Waals surface area (Å²) >= 11 is 0. The molecule has 0 amide bonds. The van der Waals surface area contributed by atoms with Gasteiger partial charge in [0.1, 0.15) is 36.8 Å². The van der Waals surface area contributed by atoms with Gasteiger partial charge in [-0.2, -0.15) is 0 Å². The SMILES string of the molecule is CCCCC/C=C\C/C=C\C/C=C\CCCCCCC(=O)O[C@@H]1COC(=O)CCCCC(=O)C[C@@H]2[C@@H](O)[C@H](O)[C@@H](O)[C@H](OP(=O)(O)OC1)[C@H](O)[C@H](O)[C@@H](/C=C\[C@@H](O)CCCCC)[C@H](O)C[C@@H]2O. The molecule has 0 radical (unpaired) electrons. The molecule has 0 spiro atoms. The topological polar surface area (TPSA) is 287 Å². The maximum absolute atomic E-state index is 13.5. The van der Waals surface area contributed by atoms with E-state index in [0.29, 0.717) is 19.3 Å². The minimum atomic E-state index is -5.50. The van der Waals surface area contributed by atoms with Crippen molar-refractivity contribution < 1.29 is 83.2 Å². The highest BCUT2D eigenvalue weighted by atomic mass is 31.2. The Bertz CT molecular complexity index is 1550. The van der Waals surface area contributed by atoms with Crippen molar-refractivity contribution in [3.63, 3.8) is 0 Å². The van der Waals surface area contributed by atoms with E-state index in [1.807, 2.05) is 6.92 Å². The van der Waals surface area contributed by atoms with Gasteiger partial charge < -0.3 is 55.2 Å². The molecule has 2 rings (SSSR count). The Hall–Kier alpha value is -2.64. The van der Waals surface area contributed by atoms with Gasteiger partial charge in [-0.05, 0) is 64.2 Å². The largest absolute Gasteiger partial charge is 0.472 e. The van der Waals surface area contributed by atoms with Crippen LogP contribution < -0.4 is 0 Å². The second-order valence-corrected chi connectivity index (χ2v) is 19.3. The number of ether oxygens (including phenoxy) is 2. The third-order valence-electron chi connectivity index (χ3n) is 12.1. The first kappa shape index (κ1) is 60.5. The molecule has 9 N–H and O–H groups in total. The van der Waals surface area contributed by atoms with Crippen LogP contribution in [0.4, 0.5) is 0 Å². The fourth-order valence-electron chi connectivity index (χ4n) is 8.00. The van der Waals surface area contributed by atoms with Crippen LogP contribution >= 0.6 is 7.82 Å².